The van der Waals surface area contributed by atoms with E-state index in [1.165, 1.54) is 0 Å². The molecule has 0 saturated carbocycles. The van der Waals surface area contributed by atoms with E-state index in [4.69, 9.17) is 9.15 Å². The van der Waals surface area contributed by atoms with Crippen LogP contribution < -0.4 is 15.0 Å². The summed E-state index contributed by atoms with van der Waals surface area (Å²) in [6.07, 6.45) is 1.45. The van der Waals surface area contributed by atoms with E-state index in [0.29, 0.717) is 24.0 Å². The van der Waals surface area contributed by atoms with Crippen LogP contribution in [0.3, 0.4) is 0 Å². The fourth-order valence-corrected chi connectivity index (χ4v) is 2.69. The topological polar surface area (TPSA) is 80.5 Å². The number of rotatable bonds is 5. The van der Waals surface area contributed by atoms with Gasteiger partial charge in [0, 0.05) is 25.6 Å². The molecule has 0 spiro atoms. The van der Waals surface area contributed by atoms with E-state index in [0.717, 1.165) is 24.3 Å². The van der Waals surface area contributed by atoms with Crippen LogP contribution in [-0.2, 0) is 4.79 Å². The predicted molar refractivity (Wildman–Crippen MR) is 85.7 cm³/mol. The van der Waals surface area contributed by atoms with Gasteiger partial charge in [-0.25, -0.2) is 0 Å². The normalized spacial score (nSPS) is 15.8. The molecule has 1 aromatic carbocycles. The Morgan fingerprint density at radius 1 is 1.39 bits per heavy atom. The summed E-state index contributed by atoms with van der Waals surface area (Å²) < 4.78 is 10.8. The van der Waals surface area contributed by atoms with E-state index in [1.807, 2.05) is 25.1 Å². The number of ether oxygens (including phenoxy) is 1. The third-order valence-electron chi connectivity index (χ3n) is 3.84. The SMILES string of the molecule is COc1ccc(N[C@@H](C)c2nnc(C)o2)cc1N1CCCC1=O. The van der Waals surface area contributed by atoms with Gasteiger partial charge in [-0.3, -0.25) is 4.79 Å². The second-order valence-corrected chi connectivity index (χ2v) is 5.56. The summed E-state index contributed by atoms with van der Waals surface area (Å²) in [5.74, 6) is 1.87. The van der Waals surface area contributed by atoms with Crippen LogP contribution in [0.4, 0.5) is 11.4 Å². The highest BCUT2D eigenvalue weighted by Crippen LogP contribution is 2.34. The molecule has 122 valence electrons. The average Bonchev–Trinajstić information content (AvgIpc) is 3.15. The predicted octanol–water partition coefficient (Wildman–Crippen LogP) is 2.69. The summed E-state index contributed by atoms with van der Waals surface area (Å²) in [4.78, 5) is 13.8. The molecule has 1 aromatic heterocycles. The maximum atomic E-state index is 12.0. The van der Waals surface area contributed by atoms with Crippen LogP contribution in [0.1, 0.15) is 37.6 Å². The maximum Gasteiger partial charge on any atom is 0.238 e. The van der Waals surface area contributed by atoms with Gasteiger partial charge in [0.1, 0.15) is 11.8 Å². The van der Waals surface area contributed by atoms with Gasteiger partial charge >= 0.3 is 0 Å². The molecule has 3 rings (SSSR count). The first-order chi connectivity index (χ1) is 11.1. The summed E-state index contributed by atoms with van der Waals surface area (Å²) in [5, 5.41) is 11.2. The molecular weight excluding hydrogens is 296 g/mol. The number of methoxy groups -OCH3 is 1. The van der Waals surface area contributed by atoms with Crippen molar-refractivity contribution in [3.05, 3.63) is 30.0 Å². The third-order valence-corrected chi connectivity index (χ3v) is 3.84. The van der Waals surface area contributed by atoms with Crippen LogP contribution in [-0.4, -0.2) is 29.8 Å². The summed E-state index contributed by atoms with van der Waals surface area (Å²) in [7, 11) is 1.61. The molecule has 0 bridgehead atoms. The van der Waals surface area contributed by atoms with E-state index in [-0.39, 0.29) is 11.9 Å². The summed E-state index contributed by atoms with van der Waals surface area (Å²) >= 11 is 0. The van der Waals surface area contributed by atoms with Crippen molar-refractivity contribution in [1.29, 1.82) is 0 Å². The highest BCUT2D eigenvalue weighted by atomic mass is 16.5. The van der Waals surface area contributed by atoms with E-state index in [1.54, 1.807) is 18.9 Å². The van der Waals surface area contributed by atoms with E-state index in [2.05, 4.69) is 15.5 Å². The van der Waals surface area contributed by atoms with Crippen molar-refractivity contribution in [2.45, 2.75) is 32.7 Å². The number of aryl methyl sites for hydroxylation is 1. The molecule has 1 amide bonds. The summed E-state index contributed by atoms with van der Waals surface area (Å²) in [6, 6.07) is 5.55. The second-order valence-electron chi connectivity index (χ2n) is 5.56. The van der Waals surface area contributed by atoms with Crippen molar-refractivity contribution < 1.29 is 13.9 Å². The minimum absolute atomic E-state index is 0.126. The molecule has 2 heterocycles. The average molecular weight is 316 g/mol. The molecule has 1 atom stereocenters. The number of hydrogen-bond acceptors (Lipinski definition) is 6. The zero-order valence-corrected chi connectivity index (χ0v) is 13.5. The summed E-state index contributed by atoms with van der Waals surface area (Å²) in [6.45, 7) is 4.42. The Balaban J connectivity index is 1.84. The smallest absolute Gasteiger partial charge is 0.238 e. The molecule has 0 radical (unpaired) electrons. The lowest BCUT2D eigenvalue weighted by Gasteiger charge is -2.21. The quantitative estimate of drug-likeness (QED) is 0.913. The Morgan fingerprint density at radius 2 is 2.22 bits per heavy atom. The Bertz CT molecular complexity index is 713. The molecule has 2 aromatic rings. The van der Waals surface area contributed by atoms with E-state index in [9.17, 15) is 4.79 Å². The highest BCUT2D eigenvalue weighted by molar-refractivity contribution is 5.97. The molecule has 0 unspecified atom stereocenters. The fraction of sp³-hybridized carbons (Fsp3) is 0.438. The number of amides is 1. The lowest BCUT2D eigenvalue weighted by Crippen LogP contribution is -2.24. The van der Waals surface area contributed by atoms with E-state index >= 15 is 0 Å². The number of nitrogens with zero attached hydrogens (tertiary/aromatic N) is 3. The molecule has 0 aliphatic carbocycles. The van der Waals surface area contributed by atoms with Crippen LogP contribution in [0.15, 0.2) is 22.6 Å². The number of anilines is 2. The van der Waals surface area contributed by atoms with E-state index < -0.39 is 0 Å². The largest absolute Gasteiger partial charge is 0.495 e. The van der Waals surface area contributed by atoms with Crippen molar-refractivity contribution in [3.63, 3.8) is 0 Å². The number of carbonyl (C=O) groups excluding carboxylic acids is 1. The van der Waals surface area contributed by atoms with Gasteiger partial charge in [0.15, 0.2) is 0 Å². The highest BCUT2D eigenvalue weighted by Gasteiger charge is 2.25. The number of benzene rings is 1. The van der Waals surface area contributed by atoms with Crippen LogP contribution in [0.25, 0.3) is 0 Å². The van der Waals surface area contributed by atoms with Crippen LogP contribution in [0, 0.1) is 6.92 Å². The van der Waals surface area contributed by atoms with Gasteiger partial charge in [0.25, 0.3) is 0 Å². The third kappa shape index (κ3) is 3.13. The minimum Gasteiger partial charge on any atom is -0.495 e. The van der Waals surface area contributed by atoms with Gasteiger partial charge in [-0.05, 0) is 31.5 Å². The minimum atomic E-state index is -0.133. The first kappa shape index (κ1) is 15.3. The molecule has 1 aliphatic heterocycles. The molecular formula is C16H20N4O3. The number of nitrogens with one attached hydrogen (secondary N) is 1. The maximum absolute atomic E-state index is 12.0. The Morgan fingerprint density at radius 3 is 2.83 bits per heavy atom. The molecule has 7 nitrogen and oxygen atoms in total. The lowest BCUT2D eigenvalue weighted by atomic mass is 10.2. The molecule has 1 fully saturated rings. The van der Waals surface area contributed by atoms with Crippen LogP contribution in [0.2, 0.25) is 0 Å². The van der Waals surface area contributed by atoms with Gasteiger partial charge in [0.05, 0.1) is 12.8 Å². The van der Waals surface area contributed by atoms with Gasteiger partial charge in [-0.2, -0.15) is 0 Å². The Kier molecular flexibility index (Phi) is 4.18. The number of carbonyl (C=O) groups is 1. The zero-order valence-electron chi connectivity index (χ0n) is 13.5. The van der Waals surface area contributed by atoms with Gasteiger partial charge in [0.2, 0.25) is 17.7 Å². The standard InChI is InChI=1S/C16H20N4O3/c1-10(16-19-18-11(2)23-16)17-12-6-7-14(22-3)13(9-12)20-8-4-5-15(20)21/h6-7,9-10,17H,4-5,8H2,1-3H3/t10-/m0/s1. The number of hydrogen-bond donors (Lipinski definition) is 1. The van der Waals surface area contributed by atoms with Crippen molar-refractivity contribution in [2.75, 3.05) is 23.9 Å². The molecule has 1 aliphatic rings. The van der Waals surface area contributed by atoms with Crippen molar-refractivity contribution in [2.24, 2.45) is 0 Å². The summed E-state index contributed by atoms with van der Waals surface area (Å²) in [5.41, 5.74) is 1.65. The first-order valence-corrected chi connectivity index (χ1v) is 7.63. The van der Waals surface area contributed by atoms with Crippen LogP contribution >= 0.6 is 0 Å². The first-order valence-electron chi connectivity index (χ1n) is 7.63. The van der Waals surface area contributed by atoms with Crippen LogP contribution in [0.5, 0.6) is 5.75 Å². The lowest BCUT2D eigenvalue weighted by molar-refractivity contribution is -0.117. The van der Waals surface area contributed by atoms with Crippen molar-refractivity contribution in [1.82, 2.24) is 10.2 Å². The molecule has 7 heteroatoms. The fourth-order valence-electron chi connectivity index (χ4n) is 2.69. The molecule has 1 saturated heterocycles. The van der Waals surface area contributed by atoms with Crippen molar-refractivity contribution >= 4 is 17.3 Å². The molecule has 1 N–H and O–H groups in total. The monoisotopic (exact) mass is 316 g/mol. The zero-order chi connectivity index (χ0) is 16.4. The molecule has 23 heavy (non-hydrogen) atoms. The Hall–Kier alpha value is -2.57. The Labute approximate surface area is 134 Å². The number of aromatic nitrogens is 2. The van der Waals surface area contributed by atoms with Gasteiger partial charge < -0.3 is 19.4 Å². The van der Waals surface area contributed by atoms with Gasteiger partial charge in [-0.15, -0.1) is 10.2 Å². The van der Waals surface area contributed by atoms with Crippen molar-refractivity contribution in [3.8, 4) is 5.75 Å². The van der Waals surface area contributed by atoms with Gasteiger partial charge in [-0.1, -0.05) is 0 Å². The second kappa shape index (κ2) is 6.28.